The van der Waals surface area contributed by atoms with Gasteiger partial charge in [0.2, 0.25) is 0 Å². The third-order valence-electron chi connectivity index (χ3n) is 4.02. The van der Waals surface area contributed by atoms with Crippen LogP contribution in [0.1, 0.15) is 73.1 Å². The van der Waals surface area contributed by atoms with Crippen LogP contribution < -0.4 is 0 Å². The number of hydrogen-bond acceptors (Lipinski definition) is 5. The molecular formula is C18H34O5. The van der Waals surface area contributed by atoms with E-state index < -0.39 is 10.8 Å². The molecule has 0 rings (SSSR count). The smallest absolute Gasteiger partial charge is 0.311 e. The molecule has 0 spiro atoms. The van der Waals surface area contributed by atoms with Crippen LogP contribution in [0.3, 0.4) is 0 Å². The average Bonchev–Trinajstić information content (AvgIpc) is 2.46. The maximum absolute atomic E-state index is 12.1. The Hall–Kier alpha value is -1.10. The summed E-state index contributed by atoms with van der Waals surface area (Å²) < 4.78 is 10.4. The van der Waals surface area contributed by atoms with Gasteiger partial charge in [0.25, 0.3) is 0 Å². The molecule has 5 heteroatoms. The second-order valence-corrected chi connectivity index (χ2v) is 7.26. The zero-order valence-corrected chi connectivity index (χ0v) is 15.4. The molecule has 0 aromatic rings. The highest BCUT2D eigenvalue weighted by Crippen LogP contribution is 2.26. The van der Waals surface area contributed by atoms with E-state index >= 15 is 0 Å². The van der Waals surface area contributed by atoms with E-state index in [1.165, 1.54) is 0 Å². The van der Waals surface area contributed by atoms with Crippen molar-refractivity contribution in [3.05, 3.63) is 0 Å². The first-order valence-corrected chi connectivity index (χ1v) is 8.62. The van der Waals surface area contributed by atoms with Crippen LogP contribution in [-0.2, 0) is 19.1 Å². The molecule has 0 aliphatic rings. The van der Waals surface area contributed by atoms with E-state index in [0.717, 1.165) is 19.3 Å². The number of aliphatic hydroxyl groups is 1. The summed E-state index contributed by atoms with van der Waals surface area (Å²) >= 11 is 0. The van der Waals surface area contributed by atoms with E-state index in [9.17, 15) is 9.59 Å². The lowest BCUT2D eigenvalue weighted by Crippen LogP contribution is -2.28. The maximum Gasteiger partial charge on any atom is 0.311 e. The Balaban J connectivity index is 3.98. The van der Waals surface area contributed by atoms with Crippen molar-refractivity contribution >= 4 is 11.9 Å². The molecule has 0 aliphatic heterocycles. The molecule has 0 atom stereocenters. The Bertz CT molecular complexity index is 360. The van der Waals surface area contributed by atoms with E-state index in [2.05, 4.69) is 0 Å². The van der Waals surface area contributed by atoms with Crippen molar-refractivity contribution in [2.24, 2.45) is 10.8 Å². The highest BCUT2D eigenvalue weighted by molar-refractivity contribution is 5.76. The van der Waals surface area contributed by atoms with Crippen molar-refractivity contribution < 1.29 is 24.2 Å². The van der Waals surface area contributed by atoms with E-state index in [0.29, 0.717) is 32.5 Å². The number of carbonyl (C=O) groups excluding carboxylic acids is 2. The van der Waals surface area contributed by atoms with Gasteiger partial charge in [-0.1, -0.05) is 6.42 Å². The number of aliphatic hydroxyl groups excluding tert-OH is 1. The zero-order valence-electron chi connectivity index (χ0n) is 15.4. The lowest BCUT2D eigenvalue weighted by Gasteiger charge is -2.23. The predicted octanol–water partition coefficient (Wildman–Crippen LogP) is 3.48. The van der Waals surface area contributed by atoms with Crippen LogP contribution in [0.2, 0.25) is 0 Å². The summed E-state index contributed by atoms with van der Waals surface area (Å²) in [6.45, 7) is 10.2. The summed E-state index contributed by atoms with van der Waals surface area (Å²) in [6.07, 6.45) is 4.49. The minimum atomic E-state index is -0.515. The predicted molar refractivity (Wildman–Crippen MR) is 89.9 cm³/mol. The normalized spacial score (nSPS) is 12.1. The Kier molecular flexibility index (Phi) is 10.1. The number of carbonyl (C=O) groups is 2. The molecule has 5 nitrogen and oxygen atoms in total. The molecule has 0 saturated carbocycles. The van der Waals surface area contributed by atoms with Gasteiger partial charge in [-0.2, -0.15) is 0 Å². The molecule has 0 aliphatic carbocycles. The zero-order chi connectivity index (χ0) is 17.9. The molecule has 0 fully saturated rings. The van der Waals surface area contributed by atoms with Crippen molar-refractivity contribution in [3.8, 4) is 0 Å². The highest BCUT2D eigenvalue weighted by Gasteiger charge is 2.30. The highest BCUT2D eigenvalue weighted by atomic mass is 16.5. The van der Waals surface area contributed by atoms with Crippen LogP contribution in [-0.4, -0.2) is 36.9 Å². The first-order chi connectivity index (χ1) is 10.7. The molecule has 0 saturated heterocycles. The van der Waals surface area contributed by atoms with Gasteiger partial charge >= 0.3 is 11.9 Å². The van der Waals surface area contributed by atoms with Gasteiger partial charge in [0.15, 0.2) is 0 Å². The standard InChI is InChI=1S/C18H34O5/c1-6-22-15(20)17(2,3)12-8-10-14-23-16(21)18(4,5)11-7-9-13-19/h19H,6-14H2,1-5H3. The minimum Gasteiger partial charge on any atom is -0.466 e. The van der Waals surface area contributed by atoms with Crippen LogP contribution in [0, 0.1) is 10.8 Å². The van der Waals surface area contributed by atoms with Crippen molar-refractivity contribution in [3.63, 3.8) is 0 Å². The maximum atomic E-state index is 12.1. The quantitative estimate of drug-likeness (QED) is 0.438. The Morgan fingerprint density at radius 1 is 0.826 bits per heavy atom. The molecule has 0 unspecified atom stereocenters. The fourth-order valence-corrected chi connectivity index (χ4v) is 2.24. The van der Waals surface area contributed by atoms with Gasteiger partial charge in [-0.3, -0.25) is 9.59 Å². The number of unbranched alkanes of at least 4 members (excludes halogenated alkanes) is 2. The topological polar surface area (TPSA) is 72.8 Å². The van der Waals surface area contributed by atoms with Crippen molar-refractivity contribution in [2.45, 2.75) is 73.1 Å². The Morgan fingerprint density at radius 3 is 1.78 bits per heavy atom. The second-order valence-electron chi connectivity index (χ2n) is 7.26. The van der Waals surface area contributed by atoms with Gasteiger partial charge in [-0.15, -0.1) is 0 Å². The van der Waals surface area contributed by atoms with E-state index in [1.54, 1.807) is 6.92 Å². The summed E-state index contributed by atoms with van der Waals surface area (Å²) in [5.41, 5.74) is -1.01. The van der Waals surface area contributed by atoms with Crippen LogP contribution in [0.15, 0.2) is 0 Å². The van der Waals surface area contributed by atoms with Gasteiger partial charge in [0.1, 0.15) is 0 Å². The van der Waals surface area contributed by atoms with E-state index in [-0.39, 0.29) is 18.5 Å². The molecule has 0 radical (unpaired) electrons. The molecule has 0 aromatic heterocycles. The minimum absolute atomic E-state index is 0.154. The fraction of sp³-hybridized carbons (Fsp3) is 0.889. The molecule has 136 valence electrons. The van der Waals surface area contributed by atoms with Gasteiger partial charge < -0.3 is 14.6 Å². The van der Waals surface area contributed by atoms with Crippen LogP contribution in [0.4, 0.5) is 0 Å². The summed E-state index contributed by atoms with van der Waals surface area (Å²) in [4.78, 5) is 23.8. The van der Waals surface area contributed by atoms with Crippen molar-refractivity contribution in [1.82, 2.24) is 0 Å². The summed E-state index contributed by atoms with van der Waals surface area (Å²) in [7, 11) is 0. The molecule has 23 heavy (non-hydrogen) atoms. The Morgan fingerprint density at radius 2 is 1.30 bits per heavy atom. The number of rotatable bonds is 12. The molecule has 0 amide bonds. The molecule has 0 aromatic carbocycles. The summed E-state index contributed by atoms with van der Waals surface area (Å²) in [6, 6.07) is 0. The summed E-state index contributed by atoms with van der Waals surface area (Å²) in [5, 5.41) is 8.79. The number of hydrogen-bond donors (Lipinski definition) is 1. The molecule has 0 bridgehead atoms. The van der Waals surface area contributed by atoms with Crippen molar-refractivity contribution in [2.75, 3.05) is 19.8 Å². The monoisotopic (exact) mass is 330 g/mol. The number of ether oxygens (including phenoxy) is 2. The van der Waals surface area contributed by atoms with Gasteiger partial charge in [0, 0.05) is 6.61 Å². The largest absolute Gasteiger partial charge is 0.466 e. The first-order valence-electron chi connectivity index (χ1n) is 8.62. The molecule has 1 N–H and O–H groups in total. The SMILES string of the molecule is CCOC(=O)C(C)(C)CCCCOC(=O)C(C)(C)CCCCO. The van der Waals surface area contributed by atoms with Crippen LogP contribution in [0.25, 0.3) is 0 Å². The van der Waals surface area contributed by atoms with Crippen LogP contribution in [0.5, 0.6) is 0 Å². The third kappa shape index (κ3) is 8.94. The lowest BCUT2D eigenvalue weighted by atomic mass is 9.87. The van der Waals surface area contributed by atoms with Crippen molar-refractivity contribution in [1.29, 1.82) is 0 Å². The first kappa shape index (κ1) is 21.9. The average molecular weight is 330 g/mol. The van der Waals surface area contributed by atoms with E-state index in [4.69, 9.17) is 14.6 Å². The van der Waals surface area contributed by atoms with Gasteiger partial charge in [-0.25, -0.2) is 0 Å². The van der Waals surface area contributed by atoms with Gasteiger partial charge in [-0.05, 0) is 66.7 Å². The fourth-order valence-electron chi connectivity index (χ4n) is 2.24. The third-order valence-corrected chi connectivity index (χ3v) is 4.02. The Labute approximate surface area is 140 Å². The summed E-state index contributed by atoms with van der Waals surface area (Å²) in [5.74, 6) is -0.373. The lowest BCUT2D eigenvalue weighted by molar-refractivity contribution is -0.156. The van der Waals surface area contributed by atoms with Gasteiger partial charge in [0.05, 0.1) is 24.0 Å². The molecular weight excluding hydrogens is 296 g/mol. The van der Waals surface area contributed by atoms with Crippen LogP contribution >= 0.6 is 0 Å². The molecule has 0 heterocycles. The second kappa shape index (κ2) is 10.6. The number of esters is 2. The van der Waals surface area contributed by atoms with E-state index in [1.807, 2.05) is 27.7 Å².